The van der Waals surface area contributed by atoms with E-state index >= 15 is 0 Å². The Kier molecular flexibility index (Phi) is 5.00. The molecule has 0 aliphatic heterocycles. The van der Waals surface area contributed by atoms with Gasteiger partial charge in [-0.3, -0.25) is 0 Å². The summed E-state index contributed by atoms with van der Waals surface area (Å²) in [4.78, 5) is 0. The Balaban J connectivity index is 2.60. The standard InChI is InChI=1S/C14H22BrN/c1-5-13(14(2,3)4)16-10-11-8-6-7-9-12(11)15/h6-9,13,16H,5,10H2,1-4H3/t13-/m0/s1. The first-order valence-electron chi connectivity index (χ1n) is 5.92. The van der Waals surface area contributed by atoms with Gasteiger partial charge in [0.15, 0.2) is 0 Å². The molecule has 1 aromatic carbocycles. The normalized spacial score (nSPS) is 13.8. The summed E-state index contributed by atoms with van der Waals surface area (Å²) in [7, 11) is 0. The monoisotopic (exact) mass is 283 g/mol. The van der Waals surface area contributed by atoms with E-state index in [2.05, 4.69) is 73.2 Å². The molecule has 0 heterocycles. The summed E-state index contributed by atoms with van der Waals surface area (Å²) in [6.07, 6.45) is 1.16. The van der Waals surface area contributed by atoms with Crippen LogP contribution in [0, 0.1) is 5.41 Å². The molecule has 0 saturated carbocycles. The lowest BCUT2D eigenvalue weighted by molar-refractivity contribution is 0.259. The van der Waals surface area contributed by atoms with E-state index in [9.17, 15) is 0 Å². The maximum Gasteiger partial charge on any atom is 0.0220 e. The zero-order chi connectivity index (χ0) is 12.2. The van der Waals surface area contributed by atoms with E-state index in [0.717, 1.165) is 13.0 Å². The largest absolute Gasteiger partial charge is 0.309 e. The third-order valence-corrected chi connectivity index (χ3v) is 3.72. The minimum Gasteiger partial charge on any atom is -0.309 e. The highest BCUT2D eigenvalue weighted by Gasteiger charge is 2.22. The van der Waals surface area contributed by atoms with Crippen LogP contribution in [0.5, 0.6) is 0 Å². The van der Waals surface area contributed by atoms with Gasteiger partial charge in [0.05, 0.1) is 0 Å². The minimum atomic E-state index is 0.315. The van der Waals surface area contributed by atoms with Gasteiger partial charge in [-0.1, -0.05) is 61.8 Å². The molecule has 0 aliphatic rings. The molecule has 0 unspecified atom stereocenters. The van der Waals surface area contributed by atoms with Crippen LogP contribution in [0.4, 0.5) is 0 Å². The van der Waals surface area contributed by atoms with Crippen LogP contribution in [0.1, 0.15) is 39.7 Å². The van der Waals surface area contributed by atoms with Crippen molar-refractivity contribution in [2.45, 2.75) is 46.7 Å². The van der Waals surface area contributed by atoms with E-state index in [1.807, 2.05) is 0 Å². The molecular formula is C14H22BrN. The molecule has 0 bridgehead atoms. The van der Waals surface area contributed by atoms with Gasteiger partial charge in [0.1, 0.15) is 0 Å². The fourth-order valence-electron chi connectivity index (χ4n) is 1.94. The first-order chi connectivity index (χ1) is 7.45. The van der Waals surface area contributed by atoms with Crippen molar-refractivity contribution in [3.8, 4) is 0 Å². The molecule has 0 aliphatic carbocycles. The zero-order valence-corrected chi connectivity index (χ0v) is 12.3. The molecule has 90 valence electrons. The number of hydrogen-bond acceptors (Lipinski definition) is 1. The van der Waals surface area contributed by atoms with Crippen LogP contribution in [0.25, 0.3) is 0 Å². The SMILES string of the molecule is CC[C@H](NCc1ccccc1Br)C(C)(C)C. The summed E-state index contributed by atoms with van der Waals surface area (Å²) >= 11 is 3.58. The molecule has 0 spiro atoms. The van der Waals surface area contributed by atoms with Crippen LogP contribution in [0.3, 0.4) is 0 Å². The van der Waals surface area contributed by atoms with Gasteiger partial charge in [0, 0.05) is 17.1 Å². The molecule has 1 atom stereocenters. The second-order valence-electron chi connectivity index (χ2n) is 5.30. The fourth-order valence-corrected chi connectivity index (χ4v) is 2.36. The van der Waals surface area contributed by atoms with E-state index in [-0.39, 0.29) is 0 Å². The second-order valence-corrected chi connectivity index (χ2v) is 6.15. The lowest BCUT2D eigenvalue weighted by Crippen LogP contribution is -2.39. The van der Waals surface area contributed by atoms with Crippen molar-refractivity contribution in [1.29, 1.82) is 0 Å². The molecular weight excluding hydrogens is 262 g/mol. The smallest absolute Gasteiger partial charge is 0.0220 e. The minimum absolute atomic E-state index is 0.315. The van der Waals surface area contributed by atoms with Gasteiger partial charge in [0.25, 0.3) is 0 Å². The van der Waals surface area contributed by atoms with Gasteiger partial charge in [-0.15, -0.1) is 0 Å². The molecule has 1 aromatic rings. The zero-order valence-electron chi connectivity index (χ0n) is 10.7. The van der Waals surface area contributed by atoms with Gasteiger partial charge in [-0.2, -0.15) is 0 Å². The van der Waals surface area contributed by atoms with Gasteiger partial charge in [-0.25, -0.2) is 0 Å². The Labute approximate surface area is 108 Å². The fraction of sp³-hybridized carbons (Fsp3) is 0.571. The quantitative estimate of drug-likeness (QED) is 0.866. The molecule has 16 heavy (non-hydrogen) atoms. The van der Waals surface area contributed by atoms with Gasteiger partial charge < -0.3 is 5.32 Å². The maximum atomic E-state index is 3.64. The highest BCUT2D eigenvalue weighted by atomic mass is 79.9. The number of hydrogen-bond donors (Lipinski definition) is 1. The van der Waals surface area contributed by atoms with E-state index < -0.39 is 0 Å². The average Bonchev–Trinajstić information content (AvgIpc) is 2.19. The van der Waals surface area contributed by atoms with Gasteiger partial charge in [-0.05, 0) is 23.5 Å². The van der Waals surface area contributed by atoms with Crippen LogP contribution in [0.15, 0.2) is 28.7 Å². The van der Waals surface area contributed by atoms with Crippen LogP contribution < -0.4 is 5.32 Å². The van der Waals surface area contributed by atoms with Crippen molar-refractivity contribution in [1.82, 2.24) is 5.32 Å². The Morgan fingerprint density at radius 2 is 1.88 bits per heavy atom. The summed E-state index contributed by atoms with van der Waals surface area (Å²) in [5.74, 6) is 0. The van der Waals surface area contributed by atoms with Crippen molar-refractivity contribution < 1.29 is 0 Å². The maximum absolute atomic E-state index is 3.64. The van der Waals surface area contributed by atoms with E-state index in [0.29, 0.717) is 11.5 Å². The Hall–Kier alpha value is -0.340. The van der Waals surface area contributed by atoms with E-state index in [1.165, 1.54) is 10.0 Å². The van der Waals surface area contributed by atoms with Crippen molar-refractivity contribution in [3.05, 3.63) is 34.3 Å². The summed E-state index contributed by atoms with van der Waals surface area (Å²) < 4.78 is 1.19. The van der Waals surface area contributed by atoms with Gasteiger partial charge >= 0.3 is 0 Å². The lowest BCUT2D eigenvalue weighted by Gasteiger charge is -2.31. The molecule has 2 heteroatoms. The first kappa shape index (κ1) is 13.7. The predicted octanol–water partition coefficient (Wildman–Crippen LogP) is 4.36. The molecule has 1 rings (SSSR count). The molecule has 0 fully saturated rings. The molecule has 1 nitrogen and oxygen atoms in total. The van der Waals surface area contributed by atoms with Crippen molar-refractivity contribution in [2.24, 2.45) is 5.41 Å². The molecule has 1 N–H and O–H groups in total. The van der Waals surface area contributed by atoms with Crippen molar-refractivity contribution >= 4 is 15.9 Å². The Morgan fingerprint density at radius 3 is 2.38 bits per heavy atom. The Morgan fingerprint density at radius 1 is 1.25 bits per heavy atom. The third-order valence-electron chi connectivity index (χ3n) is 2.95. The van der Waals surface area contributed by atoms with Crippen LogP contribution in [0.2, 0.25) is 0 Å². The average molecular weight is 284 g/mol. The van der Waals surface area contributed by atoms with Crippen LogP contribution in [-0.2, 0) is 6.54 Å². The van der Waals surface area contributed by atoms with Crippen molar-refractivity contribution in [2.75, 3.05) is 0 Å². The third kappa shape index (κ3) is 3.91. The van der Waals surface area contributed by atoms with E-state index in [1.54, 1.807) is 0 Å². The topological polar surface area (TPSA) is 12.0 Å². The lowest BCUT2D eigenvalue weighted by atomic mass is 9.85. The van der Waals surface area contributed by atoms with Crippen LogP contribution >= 0.6 is 15.9 Å². The summed E-state index contributed by atoms with van der Waals surface area (Å²) in [6, 6.07) is 8.94. The first-order valence-corrected chi connectivity index (χ1v) is 6.71. The highest BCUT2D eigenvalue weighted by Crippen LogP contribution is 2.23. The number of nitrogens with one attached hydrogen (secondary N) is 1. The molecule has 0 amide bonds. The van der Waals surface area contributed by atoms with Crippen molar-refractivity contribution in [3.63, 3.8) is 0 Å². The molecule has 0 saturated heterocycles. The summed E-state index contributed by atoms with van der Waals surface area (Å²) in [6.45, 7) is 10.0. The molecule has 0 radical (unpaired) electrons. The predicted molar refractivity (Wildman–Crippen MR) is 74.5 cm³/mol. The second kappa shape index (κ2) is 5.83. The number of benzene rings is 1. The number of halogens is 1. The Bertz CT molecular complexity index is 328. The van der Waals surface area contributed by atoms with E-state index in [4.69, 9.17) is 0 Å². The highest BCUT2D eigenvalue weighted by molar-refractivity contribution is 9.10. The van der Waals surface area contributed by atoms with Gasteiger partial charge in [0.2, 0.25) is 0 Å². The summed E-state index contributed by atoms with van der Waals surface area (Å²) in [5.41, 5.74) is 1.64. The van der Waals surface area contributed by atoms with Crippen LogP contribution in [-0.4, -0.2) is 6.04 Å². The molecule has 0 aromatic heterocycles. The number of rotatable bonds is 4. The summed E-state index contributed by atoms with van der Waals surface area (Å²) in [5, 5.41) is 3.64.